The number of nitrogens with zero attached hydrogens (tertiary/aromatic N) is 2. The lowest BCUT2D eigenvalue weighted by molar-refractivity contribution is -0.132. The van der Waals surface area contributed by atoms with Crippen molar-refractivity contribution in [2.45, 2.75) is 12.3 Å². The highest BCUT2D eigenvalue weighted by Crippen LogP contribution is 2.28. The molecule has 22 heavy (non-hydrogen) atoms. The molecule has 2 unspecified atom stereocenters. The number of rotatable bonds is 3. The summed E-state index contributed by atoms with van der Waals surface area (Å²) in [5, 5.41) is 0. The van der Waals surface area contributed by atoms with Gasteiger partial charge in [-0.15, -0.1) is 0 Å². The van der Waals surface area contributed by atoms with E-state index in [1.165, 1.54) is 0 Å². The molecule has 1 aromatic heterocycles. The molecule has 1 aliphatic carbocycles. The van der Waals surface area contributed by atoms with E-state index >= 15 is 0 Å². The zero-order valence-corrected chi connectivity index (χ0v) is 13.0. The molecule has 3 rings (SSSR count). The van der Waals surface area contributed by atoms with Crippen LogP contribution in [0.15, 0.2) is 36.6 Å². The maximum absolute atomic E-state index is 12.8. The molecule has 0 fully saturated rings. The number of carbonyl (C=O) groups excluding carboxylic acids is 2. The topological polar surface area (TPSA) is 56.4 Å². The van der Waals surface area contributed by atoms with Crippen molar-refractivity contribution in [1.29, 1.82) is 0 Å². The lowest BCUT2D eigenvalue weighted by atomic mass is 9.92. The fraction of sp³-hybridized carbons (Fsp3) is 0.412. The van der Waals surface area contributed by atoms with Crippen molar-refractivity contribution in [3.63, 3.8) is 0 Å². The first-order chi connectivity index (χ1) is 10.6. The Morgan fingerprint density at radius 1 is 1.45 bits per heavy atom. The van der Waals surface area contributed by atoms with E-state index in [0.29, 0.717) is 24.7 Å². The maximum atomic E-state index is 12.8. The molecule has 1 N–H and O–H groups in total. The molecule has 0 radical (unpaired) electrons. The van der Waals surface area contributed by atoms with Gasteiger partial charge in [0.05, 0.1) is 5.92 Å². The van der Waals surface area contributed by atoms with Crippen LogP contribution in [0.4, 0.5) is 0 Å². The van der Waals surface area contributed by atoms with Crippen LogP contribution in [0.3, 0.4) is 0 Å². The Morgan fingerprint density at radius 2 is 2.27 bits per heavy atom. The molecule has 2 heterocycles. The van der Waals surface area contributed by atoms with Gasteiger partial charge in [-0.25, -0.2) is 0 Å². The number of hydrogen-bond acceptors (Lipinski definition) is 2. The smallest absolute Gasteiger partial charge is 0.270 e. The summed E-state index contributed by atoms with van der Waals surface area (Å²) in [5.74, 6) is 0.111. The third-order valence-corrected chi connectivity index (χ3v) is 4.42. The number of fused-ring (bicyclic) bond motifs is 1. The van der Waals surface area contributed by atoms with Gasteiger partial charge >= 0.3 is 0 Å². The molecule has 5 nitrogen and oxygen atoms in total. The van der Waals surface area contributed by atoms with E-state index in [9.17, 15) is 9.59 Å². The number of amides is 2. The second-order valence-electron chi connectivity index (χ2n) is 6.07. The lowest BCUT2D eigenvalue weighted by Crippen LogP contribution is -2.44. The van der Waals surface area contributed by atoms with Crippen molar-refractivity contribution in [1.82, 2.24) is 14.8 Å². The van der Waals surface area contributed by atoms with Gasteiger partial charge < -0.3 is 14.8 Å². The van der Waals surface area contributed by atoms with Crippen LogP contribution in [0.2, 0.25) is 0 Å². The monoisotopic (exact) mass is 299 g/mol. The van der Waals surface area contributed by atoms with Crippen LogP contribution in [0.5, 0.6) is 0 Å². The van der Waals surface area contributed by atoms with E-state index in [1.54, 1.807) is 23.0 Å². The predicted molar refractivity (Wildman–Crippen MR) is 84.5 cm³/mol. The average molecular weight is 299 g/mol. The predicted octanol–water partition coefficient (Wildman–Crippen LogP) is 1.77. The fourth-order valence-electron chi connectivity index (χ4n) is 3.19. The second-order valence-corrected chi connectivity index (χ2v) is 6.07. The van der Waals surface area contributed by atoms with Crippen LogP contribution >= 0.6 is 0 Å². The third kappa shape index (κ3) is 2.58. The summed E-state index contributed by atoms with van der Waals surface area (Å²) in [7, 11) is 3.58. The molecule has 2 atom stereocenters. The van der Waals surface area contributed by atoms with Crippen molar-refractivity contribution in [2.75, 3.05) is 27.2 Å². The van der Waals surface area contributed by atoms with Gasteiger partial charge in [0, 0.05) is 33.4 Å². The summed E-state index contributed by atoms with van der Waals surface area (Å²) < 4.78 is 0. The number of likely N-dealkylation sites (N-methyl/N-ethyl adjacent to an activating group) is 2. The number of H-pyrrole nitrogens is 1. The van der Waals surface area contributed by atoms with E-state index in [-0.39, 0.29) is 17.7 Å². The highest BCUT2D eigenvalue weighted by Gasteiger charge is 2.36. The van der Waals surface area contributed by atoms with Crippen molar-refractivity contribution in [3.8, 4) is 0 Å². The largest absolute Gasteiger partial charge is 0.357 e. The SMILES string of the molecule is CN1CC(C(=O)N(C)CC2C=CC=CC2)c2cc[nH]c2C1=O. The van der Waals surface area contributed by atoms with Crippen LogP contribution in [-0.4, -0.2) is 53.8 Å². The number of nitrogens with one attached hydrogen (secondary N) is 1. The molecular formula is C17H21N3O2. The first-order valence-corrected chi connectivity index (χ1v) is 7.59. The second kappa shape index (κ2) is 5.83. The molecule has 5 heteroatoms. The standard InChI is InChI=1S/C17H21N3O2/c1-19(10-12-6-4-3-5-7-12)16(21)14-11-20(2)17(22)15-13(14)8-9-18-15/h3-6,8-9,12,14,18H,7,10-11H2,1-2H3. The molecule has 0 spiro atoms. The van der Waals surface area contributed by atoms with E-state index in [0.717, 1.165) is 12.0 Å². The number of aromatic nitrogens is 1. The molecule has 0 aromatic carbocycles. The normalized spacial score (nSPS) is 23.5. The highest BCUT2D eigenvalue weighted by atomic mass is 16.2. The van der Waals surface area contributed by atoms with Gasteiger partial charge in [0.25, 0.3) is 5.91 Å². The van der Waals surface area contributed by atoms with Gasteiger partial charge in [-0.3, -0.25) is 9.59 Å². The molecule has 0 bridgehead atoms. The molecule has 116 valence electrons. The summed E-state index contributed by atoms with van der Waals surface area (Å²) in [6.45, 7) is 1.14. The lowest BCUT2D eigenvalue weighted by Gasteiger charge is -2.32. The molecular weight excluding hydrogens is 278 g/mol. The Bertz CT molecular complexity index is 644. The fourth-order valence-corrected chi connectivity index (χ4v) is 3.19. The molecule has 0 saturated heterocycles. The van der Waals surface area contributed by atoms with E-state index in [1.807, 2.05) is 25.3 Å². The Hall–Kier alpha value is -2.30. The Morgan fingerprint density at radius 3 is 3.00 bits per heavy atom. The third-order valence-electron chi connectivity index (χ3n) is 4.42. The van der Waals surface area contributed by atoms with Crippen LogP contribution in [0, 0.1) is 5.92 Å². The van der Waals surface area contributed by atoms with Gasteiger partial charge in [-0.1, -0.05) is 24.3 Å². The van der Waals surface area contributed by atoms with Gasteiger partial charge in [-0.05, 0) is 24.0 Å². The minimum Gasteiger partial charge on any atom is -0.357 e. The summed E-state index contributed by atoms with van der Waals surface area (Å²) in [5.41, 5.74) is 1.36. The van der Waals surface area contributed by atoms with Crippen molar-refractivity contribution in [2.24, 2.45) is 5.92 Å². The number of carbonyl (C=O) groups is 2. The number of hydrogen-bond donors (Lipinski definition) is 1. The zero-order valence-electron chi connectivity index (χ0n) is 13.0. The summed E-state index contributed by atoms with van der Waals surface area (Å²) >= 11 is 0. The highest BCUT2D eigenvalue weighted by molar-refractivity contribution is 5.99. The van der Waals surface area contributed by atoms with Crippen molar-refractivity contribution in [3.05, 3.63) is 47.8 Å². The first kappa shape index (κ1) is 14.6. The minimum atomic E-state index is -0.280. The Kier molecular flexibility index (Phi) is 3.88. The minimum absolute atomic E-state index is 0.0490. The van der Waals surface area contributed by atoms with Gasteiger partial charge in [-0.2, -0.15) is 0 Å². The van der Waals surface area contributed by atoms with E-state index in [4.69, 9.17) is 0 Å². The average Bonchev–Trinajstić information content (AvgIpc) is 3.01. The van der Waals surface area contributed by atoms with Crippen LogP contribution in [-0.2, 0) is 4.79 Å². The van der Waals surface area contributed by atoms with Crippen molar-refractivity contribution >= 4 is 11.8 Å². The first-order valence-electron chi connectivity index (χ1n) is 7.59. The molecule has 2 aliphatic rings. The Balaban J connectivity index is 1.75. The maximum Gasteiger partial charge on any atom is 0.270 e. The number of aromatic amines is 1. The van der Waals surface area contributed by atoms with E-state index < -0.39 is 0 Å². The van der Waals surface area contributed by atoms with Gasteiger partial charge in [0.2, 0.25) is 5.91 Å². The van der Waals surface area contributed by atoms with Crippen LogP contribution in [0.1, 0.15) is 28.4 Å². The van der Waals surface area contributed by atoms with E-state index in [2.05, 4.69) is 17.1 Å². The molecule has 2 amide bonds. The van der Waals surface area contributed by atoms with Gasteiger partial charge in [0.1, 0.15) is 5.69 Å². The summed E-state index contributed by atoms with van der Waals surface area (Å²) in [6.07, 6.45) is 11.0. The van der Waals surface area contributed by atoms with Gasteiger partial charge in [0.15, 0.2) is 0 Å². The Labute approximate surface area is 130 Å². The van der Waals surface area contributed by atoms with Crippen molar-refractivity contribution < 1.29 is 9.59 Å². The molecule has 0 saturated carbocycles. The zero-order chi connectivity index (χ0) is 15.7. The summed E-state index contributed by atoms with van der Waals surface area (Å²) in [4.78, 5) is 31.3. The summed E-state index contributed by atoms with van der Waals surface area (Å²) in [6, 6.07) is 1.85. The molecule has 1 aromatic rings. The quantitative estimate of drug-likeness (QED) is 0.925. The van der Waals surface area contributed by atoms with Crippen LogP contribution < -0.4 is 0 Å². The molecule has 1 aliphatic heterocycles. The number of allylic oxidation sites excluding steroid dienone is 3. The van der Waals surface area contributed by atoms with Crippen LogP contribution in [0.25, 0.3) is 0 Å².